The van der Waals surface area contributed by atoms with Crippen molar-refractivity contribution < 1.29 is 0 Å². The molecule has 2 nitrogen and oxygen atoms in total. The van der Waals surface area contributed by atoms with E-state index in [1.807, 2.05) is 0 Å². The van der Waals surface area contributed by atoms with Crippen LogP contribution in [0, 0.1) is 0 Å². The van der Waals surface area contributed by atoms with Crippen LogP contribution >= 0.6 is 24.8 Å². The predicted octanol–water partition coefficient (Wildman–Crippen LogP) is 1.29. The Balaban J connectivity index is 0.000000605. The fraction of sp³-hybridized carbons (Fsp3) is 1.00. The lowest BCUT2D eigenvalue weighted by molar-refractivity contribution is 0.180. The minimum atomic E-state index is 0. The zero-order chi connectivity index (χ0) is 6.97. The normalized spacial score (nSPS) is 34.8. The molecule has 2 atom stereocenters. The maximum absolute atomic E-state index is 3.51. The van der Waals surface area contributed by atoms with E-state index in [0.717, 1.165) is 6.04 Å². The monoisotopic (exact) mass is 212 g/mol. The topological polar surface area (TPSA) is 15.3 Å². The molecule has 12 heavy (non-hydrogen) atoms. The van der Waals surface area contributed by atoms with Gasteiger partial charge in [-0.15, -0.1) is 24.8 Å². The Hall–Kier alpha value is 0.500. The largest absolute Gasteiger partial charge is 0.311 e. The van der Waals surface area contributed by atoms with E-state index in [1.54, 1.807) is 0 Å². The molecule has 2 heterocycles. The van der Waals surface area contributed by atoms with Crippen molar-refractivity contribution in [3.8, 4) is 0 Å². The lowest BCUT2D eigenvalue weighted by atomic mass is 10.1. The molecule has 4 heteroatoms. The van der Waals surface area contributed by atoms with E-state index in [1.165, 1.54) is 32.5 Å². The maximum atomic E-state index is 3.51. The molecule has 0 aromatic rings. The molecule has 2 rings (SSSR count). The van der Waals surface area contributed by atoms with Gasteiger partial charge in [-0.3, -0.25) is 4.90 Å². The first-order valence-electron chi connectivity index (χ1n) is 4.33. The summed E-state index contributed by atoms with van der Waals surface area (Å²) >= 11 is 0. The van der Waals surface area contributed by atoms with Gasteiger partial charge in [0.15, 0.2) is 0 Å². The smallest absolute Gasteiger partial charge is 0.0221 e. The number of halogens is 2. The van der Waals surface area contributed by atoms with E-state index in [9.17, 15) is 0 Å². The average molecular weight is 213 g/mol. The lowest BCUT2D eigenvalue weighted by Gasteiger charge is -2.34. The van der Waals surface area contributed by atoms with Gasteiger partial charge in [0.2, 0.25) is 0 Å². The predicted molar refractivity (Wildman–Crippen MR) is 56.6 cm³/mol. The fourth-order valence-electron chi connectivity index (χ4n) is 2.12. The van der Waals surface area contributed by atoms with E-state index >= 15 is 0 Å². The Morgan fingerprint density at radius 2 is 2.08 bits per heavy atom. The van der Waals surface area contributed by atoms with E-state index in [0.29, 0.717) is 6.04 Å². The second kappa shape index (κ2) is 5.28. The zero-order valence-corrected chi connectivity index (χ0v) is 9.09. The molecule has 2 saturated heterocycles. The van der Waals surface area contributed by atoms with Crippen LogP contribution in [0.4, 0.5) is 0 Å². The van der Waals surface area contributed by atoms with Crippen LogP contribution < -0.4 is 5.32 Å². The summed E-state index contributed by atoms with van der Waals surface area (Å²) in [6.45, 7) is 6.11. The Labute approximate surface area is 86.9 Å². The summed E-state index contributed by atoms with van der Waals surface area (Å²) in [4.78, 5) is 2.63. The molecule has 0 aromatic heterocycles. The molecule has 0 aliphatic carbocycles. The molecule has 0 bridgehead atoms. The third kappa shape index (κ3) is 2.49. The van der Waals surface area contributed by atoms with Gasteiger partial charge in [-0.25, -0.2) is 0 Å². The Morgan fingerprint density at radius 3 is 2.83 bits per heavy atom. The first-order chi connectivity index (χ1) is 4.86. The minimum Gasteiger partial charge on any atom is -0.311 e. The summed E-state index contributed by atoms with van der Waals surface area (Å²) < 4.78 is 0. The van der Waals surface area contributed by atoms with Gasteiger partial charge in [0.05, 0.1) is 0 Å². The molecule has 2 fully saturated rings. The molecule has 0 unspecified atom stereocenters. The maximum Gasteiger partial charge on any atom is 0.0221 e. The van der Waals surface area contributed by atoms with Crippen LogP contribution in [0.25, 0.3) is 0 Å². The molecule has 0 radical (unpaired) electrons. The van der Waals surface area contributed by atoms with Crippen molar-refractivity contribution in [3.63, 3.8) is 0 Å². The average Bonchev–Trinajstić information content (AvgIpc) is 2.33. The first kappa shape index (κ1) is 12.5. The van der Waals surface area contributed by atoms with Gasteiger partial charge in [0.1, 0.15) is 0 Å². The molecule has 1 N–H and O–H groups in total. The van der Waals surface area contributed by atoms with Gasteiger partial charge >= 0.3 is 0 Å². The van der Waals surface area contributed by atoms with Gasteiger partial charge in [-0.05, 0) is 26.3 Å². The van der Waals surface area contributed by atoms with Crippen LogP contribution in [0.3, 0.4) is 0 Å². The summed E-state index contributed by atoms with van der Waals surface area (Å²) in [6.07, 6.45) is 2.83. The number of rotatable bonds is 0. The molecule has 0 spiro atoms. The second-order valence-electron chi connectivity index (χ2n) is 3.60. The Morgan fingerprint density at radius 1 is 1.33 bits per heavy atom. The van der Waals surface area contributed by atoms with Crippen molar-refractivity contribution in [1.82, 2.24) is 10.2 Å². The SMILES string of the molecule is C[C@H]1CN2CCC[C@H]2CN1.Cl.Cl. The molecular formula is C8H18Cl2N2. The standard InChI is InChI=1S/C8H16N2.2ClH/c1-7-6-10-4-2-3-8(10)5-9-7;;/h7-9H,2-6H2,1H3;2*1H/t7-,8-;;/m0../s1. The van der Waals surface area contributed by atoms with Crippen LogP contribution in [-0.4, -0.2) is 36.6 Å². The Bertz CT molecular complexity index is 132. The molecule has 0 aromatic carbocycles. The number of hydrogen-bond acceptors (Lipinski definition) is 2. The number of fused-ring (bicyclic) bond motifs is 1. The van der Waals surface area contributed by atoms with E-state index in [4.69, 9.17) is 0 Å². The van der Waals surface area contributed by atoms with Crippen LogP contribution in [0.15, 0.2) is 0 Å². The number of nitrogens with one attached hydrogen (secondary N) is 1. The van der Waals surface area contributed by atoms with Gasteiger partial charge in [-0.1, -0.05) is 0 Å². The molecule has 0 amide bonds. The van der Waals surface area contributed by atoms with Crippen molar-refractivity contribution in [2.75, 3.05) is 19.6 Å². The second-order valence-corrected chi connectivity index (χ2v) is 3.60. The number of nitrogens with zero attached hydrogens (tertiary/aromatic N) is 1. The van der Waals surface area contributed by atoms with Gasteiger partial charge < -0.3 is 5.32 Å². The molecule has 2 aliphatic heterocycles. The van der Waals surface area contributed by atoms with Crippen molar-refractivity contribution in [2.45, 2.75) is 31.8 Å². The van der Waals surface area contributed by atoms with Crippen LogP contribution in [-0.2, 0) is 0 Å². The van der Waals surface area contributed by atoms with E-state index in [2.05, 4.69) is 17.1 Å². The Kier molecular flexibility index (Phi) is 5.50. The van der Waals surface area contributed by atoms with E-state index < -0.39 is 0 Å². The van der Waals surface area contributed by atoms with E-state index in [-0.39, 0.29) is 24.8 Å². The third-order valence-electron chi connectivity index (χ3n) is 2.71. The van der Waals surface area contributed by atoms with Gasteiger partial charge in [0, 0.05) is 25.2 Å². The van der Waals surface area contributed by atoms with Crippen LogP contribution in [0.1, 0.15) is 19.8 Å². The number of hydrogen-bond donors (Lipinski definition) is 1. The zero-order valence-electron chi connectivity index (χ0n) is 7.45. The highest BCUT2D eigenvalue weighted by Crippen LogP contribution is 2.19. The lowest BCUT2D eigenvalue weighted by Crippen LogP contribution is -2.52. The molecular weight excluding hydrogens is 195 g/mol. The third-order valence-corrected chi connectivity index (χ3v) is 2.71. The highest BCUT2D eigenvalue weighted by Gasteiger charge is 2.28. The summed E-state index contributed by atoms with van der Waals surface area (Å²) in [6, 6.07) is 1.59. The van der Waals surface area contributed by atoms with Crippen LogP contribution in [0.5, 0.6) is 0 Å². The fourth-order valence-corrected chi connectivity index (χ4v) is 2.12. The van der Waals surface area contributed by atoms with Gasteiger partial charge in [-0.2, -0.15) is 0 Å². The molecule has 0 saturated carbocycles. The summed E-state index contributed by atoms with van der Waals surface area (Å²) in [5, 5.41) is 3.51. The number of piperazine rings is 1. The highest BCUT2D eigenvalue weighted by atomic mass is 35.5. The molecule has 2 aliphatic rings. The van der Waals surface area contributed by atoms with Crippen LogP contribution in [0.2, 0.25) is 0 Å². The quantitative estimate of drug-likeness (QED) is 0.652. The highest BCUT2D eigenvalue weighted by molar-refractivity contribution is 5.85. The first-order valence-corrected chi connectivity index (χ1v) is 4.33. The summed E-state index contributed by atoms with van der Waals surface area (Å²) in [5.41, 5.74) is 0. The van der Waals surface area contributed by atoms with Crippen molar-refractivity contribution >= 4 is 24.8 Å². The summed E-state index contributed by atoms with van der Waals surface area (Å²) in [7, 11) is 0. The van der Waals surface area contributed by atoms with Crippen molar-refractivity contribution in [1.29, 1.82) is 0 Å². The molecule has 74 valence electrons. The summed E-state index contributed by atoms with van der Waals surface area (Å²) in [5.74, 6) is 0. The van der Waals surface area contributed by atoms with Crippen molar-refractivity contribution in [3.05, 3.63) is 0 Å². The van der Waals surface area contributed by atoms with Crippen molar-refractivity contribution in [2.24, 2.45) is 0 Å². The minimum absolute atomic E-state index is 0. The van der Waals surface area contributed by atoms with Gasteiger partial charge in [0.25, 0.3) is 0 Å².